The van der Waals surface area contributed by atoms with Gasteiger partial charge in [0.05, 0.1) is 25.4 Å². The summed E-state index contributed by atoms with van der Waals surface area (Å²) in [6.45, 7) is 1.12. The van der Waals surface area contributed by atoms with Crippen LogP contribution in [0.5, 0.6) is 5.75 Å². The highest BCUT2D eigenvalue weighted by Gasteiger charge is 2.09. The van der Waals surface area contributed by atoms with E-state index in [1.165, 1.54) is 0 Å². The minimum atomic E-state index is 0.556. The molecule has 2 N–H and O–H groups in total. The second-order valence-corrected chi connectivity index (χ2v) is 6.01. The molecule has 0 amide bonds. The number of anilines is 2. The van der Waals surface area contributed by atoms with Crippen molar-refractivity contribution in [1.82, 2.24) is 9.97 Å². The zero-order valence-corrected chi connectivity index (χ0v) is 15.0. The minimum absolute atomic E-state index is 0.556. The van der Waals surface area contributed by atoms with Gasteiger partial charge < -0.3 is 19.8 Å². The summed E-state index contributed by atoms with van der Waals surface area (Å²) >= 11 is 0. The highest BCUT2D eigenvalue weighted by atomic mass is 16.5. The van der Waals surface area contributed by atoms with Gasteiger partial charge in [-0.25, -0.2) is 4.98 Å². The van der Waals surface area contributed by atoms with Crippen molar-refractivity contribution < 1.29 is 9.15 Å². The molecule has 0 atom stereocenters. The Morgan fingerprint density at radius 3 is 2.59 bits per heavy atom. The predicted molar refractivity (Wildman–Crippen MR) is 106 cm³/mol. The molecule has 6 heteroatoms. The van der Waals surface area contributed by atoms with Gasteiger partial charge >= 0.3 is 0 Å². The van der Waals surface area contributed by atoms with Crippen LogP contribution >= 0.6 is 0 Å². The molecule has 27 heavy (non-hydrogen) atoms. The van der Waals surface area contributed by atoms with E-state index in [2.05, 4.69) is 20.6 Å². The Morgan fingerprint density at radius 2 is 1.74 bits per heavy atom. The molecule has 2 aromatic heterocycles. The Kier molecular flexibility index (Phi) is 4.87. The topological polar surface area (TPSA) is 72.2 Å². The molecule has 0 fully saturated rings. The molecule has 6 nitrogen and oxygen atoms in total. The van der Waals surface area contributed by atoms with Crippen LogP contribution in [-0.2, 0) is 13.1 Å². The predicted octanol–water partition coefficient (Wildman–Crippen LogP) is 4.46. The van der Waals surface area contributed by atoms with E-state index in [0.717, 1.165) is 33.8 Å². The van der Waals surface area contributed by atoms with Crippen LogP contribution in [0.4, 0.5) is 11.8 Å². The fourth-order valence-electron chi connectivity index (χ4n) is 2.90. The van der Waals surface area contributed by atoms with E-state index in [0.29, 0.717) is 19.0 Å². The summed E-state index contributed by atoms with van der Waals surface area (Å²) in [6.07, 6.45) is 1.66. The second kappa shape index (κ2) is 7.78. The lowest BCUT2D eigenvalue weighted by Crippen LogP contribution is -2.08. The average molecular weight is 360 g/mol. The van der Waals surface area contributed by atoms with Gasteiger partial charge in [-0.05, 0) is 30.3 Å². The molecule has 0 aliphatic heterocycles. The van der Waals surface area contributed by atoms with Crippen LogP contribution in [0.3, 0.4) is 0 Å². The number of nitrogens with zero attached hydrogens (tertiary/aromatic N) is 2. The first kappa shape index (κ1) is 16.9. The van der Waals surface area contributed by atoms with Crippen molar-refractivity contribution in [2.75, 3.05) is 17.7 Å². The van der Waals surface area contributed by atoms with Crippen LogP contribution < -0.4 is 15.4 Å². The van der Waals surface area contributed by atoms with Gasteiger partial charge in [-0.2, -0.15) is 4.98 Å². The van der Waals surface area contributed by atoms with Crippen molar-refractivity contribution >= 4 is 22.7 Å². The molecule has 0 aliphatic rings. The van der Waals surface area contributed by atoms with Crippen LogP contribution in [0, 0.1) is 0 Å². The van der Waals surface area contributed by atoms with Crippen molar-refractivity contribution in [2.24, 2.45) is 0 Å². The molecule has 136 valence electrons. The molecule has 0 radical (unpaired) electrons. The van der Waals surface area contributed by atoms with E-state index in [9.17, 15) is 0 Å². The number of hydrogen-bond acceptors (Lipinski definition) is 6. The lowest BCUT2D eigenvalue weighted by Gasteiger charge is -2.12. The molecule has 2 heterocycles. The minimum Gasteiger partial charge on any atom is -0.496 e. The van der Waals surface area contributed by atoms with Gasteiger partial charge in [0.1, 0.15) is 17.3 Å². The summed E-state index contributed by atoms with van der Waals surface area (Å²) in [5, 5.41) is 7.60. The fourth-order valence-corrected chi connectivity index (χ4v) is 2.90. The van der Waals surface area contributed by atoms with Crippen LogP contribution in [0.1, 0.15) is 11.3 Å². The molecule has 0 aliphatic carbocycles. The summed E-state index contributed by atoms with van der Waals surface area (Å²) in [5.74, 6) is 3.00. The monoisotopic (exact) mass is 360 g/mol. The normalized spacial score (nSPS) is 10.7. The zero-order chi connectivity index (χ0) is 18.5. The quantitative estimate of drug-likeness (QED) is 0.507. The first-order valence-corrected chi connectivity index (χ1v) is 8.72. The van der Waals surface area contributed by atoms with Crippen molar-refractivity contribution in [3.8, 4) is 5.75 Å². The Labute approximate surface area is 157 Å². The summed E-state index contributed by atoms with van der Waals surface area (Å²) < 4.78 is 10.8. The number of para-hydroxylation sites is 2. The number of nitrogens with one attached hydrogen (secondary N) is 2. The highest BCUT2D eigenvalue weighted by molar-refractivity contribution is 5.89. The van der Waals surface area contributed by atoms with Gasteiger partial charge in [-0.1, -0.05) is 30.3 Å². The summed E-state index contributed by atoms with van der Waals surface area (Å²) in [6, 6.07) is 19.6. The standard InChI is InChI=1S/C21H20N4O2/c1-26-19-11-5-2-7-15(19)13-23-21-24-18-10-4-3-9-17(18)20(25-21)22-14-16-8-6-12-27-16/h2-12H,13-14H2,1H3,(H2,22,23,24,25). The number of furan rings is 1. The molecule has 2 aromatic carbocycles. The maximum absolute atomic E-state index is 5.40. The third-order valence-corrected chi connectivity index (χ3v) is 4.24. The number of benzene rings is 2. The Bertz CT molecular complexity index is 1030. The maximum Gasteiger partial charge on any atom is 0.225 e. The first-order chi connectivity index (χ1) is 13.3. The Hall–Kier alpha value is -3.54. The Morgan fingerprint density at radius 1 is 0.889 bits per heavy atom. The SMILES string of the molecule is COc1ccccc1CNc1nc(NCc2ccco2)c2ccccc2n1. The molecule has 4 rings (SSSR count). The van der Waals surface area contributed by atoms with E-state index in [-0.39, 0.29) is 0 Å². The third kappa shape index (κ3) is 3.84. The lowest BCUT2D eigenvalue weighted by atomic mass is 10.2. The molecule has 4 aromatic rings. The Balaban J connectivity index is 1.59. The smallest absolute Gasteiger partial charge is 0.225 e. The van der Waals surface area contributed by atoms with E-state index in [1.54, 1.807) is 13.4 Å². The van der Waals surface area contributed by atoms with Crippen LogP contribution in [0.25, 0.3) is 10.9 Å². The van der Waals surface area contributed by atoms with Crippen molar-refractivity contribution in [1.29, 1.82) is 0 Å². The molecule has 0 unspecified atom stereocenters. The highest BCUT2D eigenvalue weighted by Crippen LogP contribution is 2.24. The number of ether oxygens (including phenoxy) is 1. The van der Waals surface area contributed by atoms with E-state index >= 15 is 0 Å². The molecule has 0 spiro atoms. The second-order valence-electron chi connectivity index (χ2n) is 6.01. The largest absolute Gasteiger partial charge is 0.496 e. The number of fused-ring (bicyclic) bond motifs is 1. The van der Waals surface area contributed by atoms with Gasteiger partial charge in [0.2, 0.25) is 5.95 Å². The molecule has 0 bridgehead atoms. The van der Waals surface area contributed by atoms with E-state index < -0.39 is 0 Å². The summed E-state index contributed by atoms with van der Waals surface area (Å²) in [7, 11) is 1.67. The van der Waals surface area contributed by atoms with E-state index in [1.807, 2.05) is 60.7 Å². The number of methoxy groups -OCH3 is 1. The number of aromatic nitrogens is 2. The lowest BCUT2D eigenvalue weighted by molar-refractivity contribution is 0.410. The van der Waals surface area contributed by atoms with Crippen LogP contribution in [0.2, 0.25) is 0 Å². The average Bonchev–Trinajstić information content (AvgIpc) is 3.24. The van der Waals surface area contributed by atoms with Gasteiger partial charge in [0.25, 0.3) is 0 Å². The van der Waals surface area contributed by atoms with Gasteiger partial charge in [-0.3, -0.25) is 0 Å². The number of rotatable bonds is 7. The van der Waals surface area contributed by atoms with Gasteiger partial charge in [0.15, 0.2) is 0 Å². The zero-order valence-electron chi connectivity index (χ0n) is 15.0. The fraction of sp³-hybridized carbons (Fsp3) is 0.143. The van der Waals surface area contributed by atoms with Crippen LogP contribution in [0.15, 0.2) is 71.3 Å². The molecule has 0 saturated heterocycles. The van der Waals surface area contributed by atoms with Crippen molar-refractivity contribution in [3.63, 3.8) is 0 Å². The van der Waals surface area contributed by atoms with Crippen molar-refractivity contribution in [3.05, 3.63) is 78.3 Å². The summed E-state index contributed by atoms with van der Waals surface area (Å²) in [4.78, 5) is 9.28. The summed E-state index contributed by atoms with van der Waals surface area (Å²) in [5.41, 5.74) is 1.92. The molecular formula is C21H20N4O2. The van der Waals surface area contributed by atoms with Crippen molar-refractivity contribution in [2.45, 2.75) is 13.1 Å². The third-order valence-electron chi connectivity index (χ3n) is 4.24. The van der Waals surface area contributed by atoms with Gasteiger partial charge in [0, 0.05) is 17.5 Å². The molecule has 0 saturated carbocycles. The van der Waals surface area contributed by atoms with E-state index in [4.69, 9.17) is 9.15 Å². The molecular weight excluding hydrogens is 340 g/mol. The van der Waals surface area contributed by atoms with Gasteiger partial charge in [-0.15, -0.1) is 0 Å². The first-order valence-electron chi connectivity index (χ1n) is 8.72. The van der Waals surface area contributed by atoms with Crippen LogP contribution in [-0.4, -0.2) is 17.1 Å². The maximum atomic E-state index is 5.40. The number of hydrogen-bond donors (Lipinski definition) is 2.